The first-order valence-corrected chi connectivity index (χ1v) is 13.8. The average molecular weight is 500 g/mol. The van der Waals surface area contributed by atoms with Crippen LogP contribution in [0.15, 0.2) is 84.9 Å². The van der Waals surface area contributed by atoms with Crippen LogP contribution in [-0.2, 0) is 0 Å². The fourth-order valence-electron chi connectivity index (χ4n) is 5.18. The molecule has 1 aliphatic heterocycles. The SMILES string of the molecule is CCN(CC)CCNC(=O)c1cccc(OC2CCCN(CC(c3ccccc3)c3ccccc3)C2)c1. The van der Waals surface area contributed by atoms with E-state index in [4.69, 9.17) is 4.74 Å². The zero-order valence-corrected chi connectivity index (χ0v) is 22.3. The van der Waals surface area contributed by atoms with E-state index in [0.717, 1.165) is 57.9 Å². The topological polar surface area (TPSA) is 44.8 Å². The van der Waals surface area contributed by atoms with Crippen LogP contribution < -0.4 is 10.1 Å². The molecule has 1 atom stereocenters. The van der Waals surface area contributed by atoms with Gasteiger partial charge in [-0.15, -0.1) is 0 Å². The average Bonchev–Trinajstić information content (AvgIpc) is 2.95. The van der Waals surface area contributed by atoms with E-state index in [9.17, 15) is 4.79 Å². The molecule has 1 amide bonds. The summed E-state index contributed by atoms with van der Waals surface area (Å²) in [5.41, 5.74) is 3.34. The van der Waals surface area contributed by atoms with Crippen molar-refractivity contribution in [2.75, 3.05) is 45.8 Å². The van der Waals surface area contributed by atoms with Crippen LogP contribution in [0.4, 0.5) is 0 Å². The van der Waals surface area contributed by atoms with Crippen LogP contribution in [0.25, 0.3) is 0 Å². The lowest BCUT2D eigenvalue weighted by Crippen LogP contribution is -2.43. The Kier molecular flexibility index (Phi) is 10.2. The van der Waals surface area contributed by atoms with E-state index in [1.807, 2.05) is 24.3 Å². The molecule has 1 fully saturated rings. The van der Waals surface area contributed by atoms with Crippen LogP contribution in [0.2, 0.25) is 0 Å². The smallest absolute Gasteiger partial charge is 0.251 e. The maximum absolute atomic E-state index is 12.7. The van der Waals surface area contributed by atoms with Crippen LogP contribution in [0, 0.1) is 0 Å². The van der Waals surface area contributed by atoms with Crippen molar-refractivity contribution in [2.24, 2.45) is 0 Å². The lowest BCUT2D eigenvalue weighted by Gasteiger charge is -2.35. The monoisotopic (exact) mass is 499 g/mol. The second-order valence-corrected chi connectivity index (χ2v) is 9.83. The minimum Gasteiger partial charge on any atom is -0.489 e. The molecule has 0 saturated carbocycles. The molecule has 37 heavy (non-hydrogen) atoms. The summed E-state index contributed by atoms with van der Waals surface area (Å²) in [6, 6.07) is 29.2. The van der Waals surface area contributed by atoms with E-state index in [1.54, 1.807) is 0 Å². The lowest BCUT2D eigenvalue weighted by atomic mass is 9.90. The van der Waals surface area contributed by atoms with E-state index in [1.165, 1.54) is 11.1 Å². The van der Waals surface area contributed by atoms with E-state index >= 15 is 0 Å². The Morgan fingerprint density at radius 2 is 1.65 bits per heavy atom. The molecule has 3 aromatic rings. The summed E-state index contributed by atoms with van der Waals surface area (Å²) in [6.07, 6.45) is 2.24. The van der Waals surface area contributed by atoms with Gasteiger partial charge in [-0.3, -0.25) is 9.69 Å². The molecule has 4 rings (SSSR count). The third kappa shape index (κ3) is 7.91. The highest BCUT2D eigenvalue weighted by Crippen LogP contribution is 2.28. The summed E-state index contributed by atoms with van der Waals surface area (Å²) in [5, 5.41) is 3.04. The molecular formula is C32H41N3O2. The maximum Gasteiger partial charge on any atom is 0.251 e. The molecule has 0 bridgehead atoms. The summed E-state index contributed by atoms with van der Waals surface area (Å²) < 4.78 is 6.42. The lowest BCUT2D eigenvalue weighted by molar-refractivity contribution is 0.0860. The molecule has 1 N–H and O–H groups in total. The maximum atomic E-state index is 12.7. The molecule has 3 aromatic carbocycles. The van der Waals surface area contributed by atoms with Gasteiger partial charge in [0.15, 0.2) is 0 Å². The highest BCUT2D eigenvalue weighted by atomic mass is 16.5. The summed E-state index contributed by atoms with van der Waals surface area (Å²) in [6.45, 7) is 10.7. The molecule has 5 heteroatoms. The van der Waals surface area contributed by atoms with Crippen LogP contribution >= 0.6 is 0 Å². The minimum atomic E-state index is -0.0450. The Labute approximate surface area is 222 Å². The molecule has 196 valence electrons. The van der Waals surface area contributed by atoms with Crippen molar-refractivity contribution in [3.8, 4) is 5.75 Å². The van der Waals surface area contributed by atoms with Gasteiger partial charge in [-0.25, -0.2) is 0 Å². The van der Waals surface area contributed by atoms with Gasteiger partial charge in [-0.2, -0.15) is 0 Å². The van der Waals surface area contributed by atoms with E-state index in [2.05, 4.69) is 89.6 Å². The molecule has 0 aromatic heterocycles. The van der Waals surface area contributed by atoms with Gasteiger partial charge in [0, 0.05) is 37.7 Å². The van der Waals surface area contributed by atoms with E-state index < -0.39 is 0 Å². The normalized spacial score (nSPS) is 16.2. The molecule has 0 radical (unpaired) electrons. The van der Waals surface area contributed by atoms with Gasteiger partial charge in [-0.05, 0) is 61.8 Å². The third-order valence-electron chi connectivity index (χ3n) is 7.31. The number of hydrogen-bond donors (Lipinski definition) is 1. The number of carbonyl (C=O) groups is 1. The molecule has 1 saturated heterocycles. The molecule has 0 aliphatic carbocycles. The fourth-order valence-corrected chi connectivity index (χ4v) is 5.18. The van der Waals surface area contributed by atoms with Gasteiger partial charge >= 0.3 is 0 Å². The first-order valence-electron chi connectivity index (χ1n) is 13.8. The van der Waals surface area contributed by atoms with Crippen LogP contribution in [0.3, 0.4) is 0 Å². The number of carbonyl (C=O) groups excluding carboxylic acids is 1. The van der Waals surface area contributed by atoms with Crippen LogP contribution in [-0.4, -0.2) is 67.6 Å². The molecule has 1 unspecified atom stereocenters. The van der Waals surface area contributed by atoms with E-state index in [-0.39, 0.29) is 12.0 Å². The number of nitrogens with one attached hydrogen (secondary N) is 1. The predicted molar refractivity (Wildman–Crippen MR) is 151 cm³/mol. The van der Waals surface area contributed by atoms with Crippen molar-refractivity contribution in [1.82, 2.24) is 15.1 Å². The van der Waals surface area contributed by atoms with Gasteiger partial charge < -0.3 is 15.0 Å². The third-order valence-corrected chi connectivity index (χ3v) is 7.31. The van der Waals surface area contributed by atoms with Crippen molar-refractivity contribution >= 4 is 5.91 Å². The van der Waals surface area contributed by atoms with E-state index in [0.29, 0.717) is 18.0 Å². The fraction of sp³-hybridized carbons (Fsp3) is 0.406. The minimum absolute atomic E-state index is 0.0450. The number of piperidine rings is 1. The van der Waals surface area contributed by atoms with Gasteiger partial charge in [-0.1, -0.05) is 80.6 Å². The zero-order chi connectivity index (χ0) is 25.9. The van der Waals surface area contributed by atoms with Crippen molar-refractivity contribution < 1.29 is 9.53 Å². The summed E-state index contributed by atoms with van der Waals surface area (Å²) in [7, 11) is 0. The first-order chi connectivity index (χ1) is 18.2. The van der Waals surface area contributed by atoms with Gasteiger partial charge in [0.1, 0.15) is 11.9 Å². The Hall–Kier alpha value is -3.15. The Balaban J connectivity index is 1.36. The molecule has 0 spiro atoms. The predicted octanol–water partition coefficient (Wildman–Crippen LogP) is 5.43. The molecule has 5 nitrogen and oxygen atoms in total. The van der Waals surface area contributed by atoms with Crippen molar-refractivity contribution in [3.63, 3.8) is 0 Å². The Morgan fingerprint density at radius 3 is 2.30 bits per heavy atom. The number of likely N-dealkylation sites (tertiary alicyclic amines) is 1. The molecular weight excluding hydrogens is 458 g/mol. The number of benzene rings is 3. The Morgan fingerprint density at radius 1 is 0.973 bits per heavy atom. The number of amides is 1. The van der Waals surface area contributed by atoms with Crippen molar-refractivity contribution in [1.29, 1.82) is 0 Å². The van der Waals surface area contributed by atoms with Crippen molar-refractivity contribution in [2.45, 2.75) is 38.7 Å². The number of hydrogen-bond acceptors (Lipinski definition) is 4. The number of likely N-dealkylation sites (N-methyl/N-ethyl adjacent to an activating group) is 1. The van der Waals surface area contributed by atoms with Crippen LogP contribution in [0.5, 0.6) is 5.75 Å². The largest absolute Gasteiger partial charge is 0.489 e. The van der Waals surface area contributed by atoms with Gasteiger partial charge in [0.2, 0.25) is 0 Å². The number of rotatable bonds is 12. The standard InChI is InChI=1S/C32H41N3O2/c1-3-34(4-2)22-20-33-32(36)28-17-11-18-29(23-28)37-30-19-12-21-35(24-30)25-31(26-13-7-5-8-14-26)27-15-9-6-10-16-27/h5-11,13-18,23,30-31H,3-4,12,19-22,24-25H2,1-2H3,(H,33,36). The van der Waals surface area contributed by atoms with Gasteiger partial charge in [0.05, 0.1) is 0 Å². The summed E-state index contributed by atoms with van der Waals surface area (Å²) in [4.78, 5) is 17.5. The van der Waals surface area contributed by atoms with Gasteiger partial charge in [0.25, 0.3) is 5.91 Å². The highest BCUT2D eigenvalue weighted by Gasteiger charge is 2.25. The zero-order valence-electron chi connectivity index (χ0n) is 22.3. The number of nitrogens with zero attached hydrogens (tertiary/aromatic N) is 2. The van der Waals surface area contributed by atoms with Crippen LogP contribution in [0.1, 0.15) is 54.1 Å². The molecule has 1 heterocycles. The molecule has 1 aliphatic rings. The number of ether oxygens (including phenoxy) is 1. The first kappa shape index (κ1) is 26.9. The Bertz CT molecular complexity index is 1050. The second kappa shape index (κ2) is 14.0. The highest BCUT2D eigenvalue weighted by molar-refractivity contribution is 5.94. The summed E-state index contributed by atoms with van der Waals surface area (Å²) in [5.74, 6) is 1.05. The summed E-state index contributed by atoms with van der Waals surface area (Å²) >= 11 is 0. The van der Waals surface area contributed by atoms with Crippen molar-refractivity contribution in [3.05, 3.63) is 102 Å². The quantitative estimate of drug-likeness (QED) is 0.361. The second-order valence-electron chi connectivity index (χ2n) is 9.83.